The fraction of sp³-hybridized carbons (Fsp3) is 0.240. The highest BCUT2D eigenvalue weighted by Crippen LogP contribution is 2.28. The molecule has 0 aliphatic carbocycles. The van der Waals surface area contributed by atoms with E-state index in [4.69, 9.17) is 11.6 Å². The molecular weight excluding hydrogens is 439 g/mol. The highest BCUT2D eigenvalue weighted by atomic mass is 35.5. The third kappa shape index (κ3) is 4.83. The van der Waals surface area contributed by atoms with Crippen molar-refractivity contribution in [1.82, 2.24) is 15.0 Å². The lowest BCUT2D eigenvalue weighted by Gasteiger charge is -2.18. The Hall–Kier alpha value is -3.45. The van der Waals surface area contributed by atoms with Gasteiger partial charge in [-0.2, -0.15) is 4.98 Å². The van der Waals surface area contributed by atoms with Crippen LogP contribution in [0.2, 0.25) is 5.02 Å². The maximum Gasteiger partial charge on any atom is 0.225 e. The molecule has 168 valence electrons. The van der Waals surface area contributed by atoms with Crippen LogP contribution in [0.25, 0.3) is 10.9 Å². The maximum absolute atomic E-state index is 14.6. The summed E-state index contributed by atoms with van der Waals surface area (Å²) in [6, 6.07) is 14.4. The van der Waals surface area contributed by atoms with Crippen LogP contribution in [-0.4, -0.2) is 28.0 Å². The van der Waals surface area contributed by atoms with Gasteiger partial charge >= 0.3 is 0 Å². The minimum atomic E-state index is -0.285. The van der Waals surface area contributed by atoms with Crippen LogP contribution < -0.4 is 15.5 Å². The number of hydrogen-bond donors (Lipinski definition) is 2. The SMILES string of the molecule is Cc1cc(N2CCCC2)nc(NCc2cc(Nc3ccnc4cc(Cl)ccc34)ccc2F)n1. The second-order valence-electron chi connectivity index (χ2n) is 8.19. The fourth-order valence-corrected chi connectivity index (χ4v) is 4.25. The fourth-order valence-electron chi connectivity index (χ4n) is 4.09. The molecule has 3 heterocycles. The van der Waals surface area contributed by atoms with Crippen molar-refractivity contribution < 1.29 is 4.39 Å². The average Bonchev–Trinajstić information content (AvgIpc) is 3.34. The molecule has 5 rings (SSSR count). The zero-order chi connectivity index (χ0) is 22.8. The molecule has 1 saturated heterocycles. The molecule has 6 nitrogen and oxygen atoms in total. The zero-order valence-corrected chi connectivity index (χ0v) is 19.0. The minimum Gasteiger partial charge on any atom is -0.356 e. The molecular formula is C25H24ClFN6. The van der Waals surface area contributed by atoms with E-state index in [0.29, 0.717) is 16.5 Å². The Morgan fingerprint density at radius 3 is 2.73 bits per heavy atom. The highest BCUT2D eigenvalue weighted by Gasteiger charge is 2.15. The lowest BCUT2D eigenvalue weighted by atomic mass is 10.1. The third-order valence-electron chi connectivity index (χ3n) is 5.74. The second-order valence-corrected chi connectivity index (χ2v) is 8.63. The van der Waals surface area contributed by atoms with Gasteiger partial charge in [-0.15, -0.1) is 0 Å². The first-order valence-electron chi connectivity index (χ1n) is 11.0. The normalized spacial score (nSPS) is 13.5. The van der Waals surface area contributed by atoms with Gasteiger partial charge in [-0.1, -0.05) is 11.6 Å². The van der Waals surface area contributed by atoms with Gasteiger partial charge < -0.3 is 15.5 Å². The molecule has 0 amide bonds. The van der Waals surface area contributed by atoms with Gasteiger partial charge in [-0.05, 0) is 62.2 Å². The Morgan fingerprint density at radius 1 is 1.03 bits per heavy atom. The standard InChI is InChI=1S/C25H24ClFN6/c1-16-12-24(33-10-2-3-11-33)32-25(30-16)29-15-17-13-19(5-7-21(17)27)31-22-8-9-28-23-14-18(26)4-6-20(22)23/h4-9,12-14H,2-3,10-11,15H2,1H3,(H,28,31)(H,29,30,32). The number of pyridine rings is 1. The molecule has 1 fully saturated rings. The van der Waals surface area contributed by atoms with Crippen LogP contribution in [0.15, 0.2) is 54.7 Å². The van der Waals surface area contributed by atoms with E-state index in [1.54, 1.807) is 18.3 Å². The molecule has 0 bridgehead atoms. The molecule has 33 heavy (non-hydrogen) atoms. The number of fused-ring (bicyclic) bond motifs is 1. The Labute approximate surface area is 196 Å². The van der Waals surface area contributed by atoms with E-state index in [9.17, 15) is 4.39 Å². The molecule has 0 unspecified atom stereocenters. The van der Waals surface area contributed by atoms with Crippen LogP contribution in [0.1, 0.15) is 24.1 Å². The quantitative estimate of drug-likeness (QED) is 0.362. The summed E-state index contributed by atoms with van der Waals surface area (Å²) in [5.41, 5.74) is 3.85. The van der Waals surface area contributed by atoms with Gasteiger partial charge in [-0.3, -0.25) is 4.98 Å². The Bertz CT molecular complexity index is 1310. The van der Waals surface area contributed by atoms with Crippen molar-refractivity contribution in [3.05, 3.63) is 76.8 Å². The predicted molar refractivity (Wildman–Crippen MR) is 132 cm³/mol. The number of benzene rings is 2. The maximum atomic E-state index is 14.6. The highest BCUT2D eigenvalue weighted by molar-refractivity contribution is 6.31. The van der Waals surface area contributed by atoms with Crippen molar-refractivity contribution in [2.45, 2.75) is 26.3 Å². The summed E-state index contributed by atoms with van der Waals surface area (Å²) in [7, 11) is 0. The lowest BCUT2D eigenvalue weighted by Crippen LogP contribution is -2.20. The van der Waals surface area contributed by atoms with Crippen molar-refractivity contribution in [2.75, 3.05) is 28.6 Å². The molecule has 1 aliphatic rings. The average molecular weight is 463 g/mol. The molecule has 8 heteroatoms. The Morgan fingerprint density at radius 2 is 1.88 bits per heavy atom. The van der Waals surface area contributed by atoms with Gasteiger partial charge in [0.1, 0.15) is 11.6 Å². The monoisotopic (exact) mass is 462 g/mol. The molecule has 1 aliphatic heterocycles. The van der Waals surface area contributed by atoms with Crippen LogP contribution >= 0.6 is 11.6 Å². The largest absolute Gasteiger partial charge is 0.356 e. The molecule has 0 spiro atoms. The summed E-state index contributed by atoms with van der Waals surface area (Å²) in [4.78, 5) is 15.7. The summed E-state index contributed by atoms with van der Waals surface area (Å²) in [5, 5.41) is 8.14. The summed E-state index contributed by atoms with van der Waals surface area (Å²) in [6.45, 7) is 4.24. The van der Waals surface area contributed by atoms with E-state index in [1.165, 1.54) is 18.9 Å². The van der Waals surface area contributed by atoms with Crippen molar-refractivity contribution in [2.24, 2.45) is 0 Å². The number of nitrogens with one attached hydrogen (secondary N) is 2. The van der Waals surface area contributed by atoms with Crippen LogP contribution in [0.4, 0.5) is 27.5 Å². The number of nitrogens with zero attached hydrogens (tertiary/aromatic N) is 4. The molecule has 0 radical (unpaired) electrons. The summed E-state index contributed by atoms with van der Waals surface area (Å²) >= 11 is 6.09. The van der Waals surface area contributed by atoms with Gasteiger partial charge in [0.05, 0.1) is 5.52 Å². The van der Waals surface area contributed by atoms with Gasteiger partial charge in [0.15, 0.2) is 0 Å². The molecule has 4 aromatic rings. The molecule has 2 N–H and O–H groups in total. The van der Waals surface area contributed by atoms with Gasteiger partial charge in [-0.25, -0.2) is 9.37 Å². The van der Waals surface area contributed by atoms with Crippen molar-refractivity contribution >= 4 is 45.6 Å². The first-order chi connectivity index (χ1) is 16.0. The molecule has 0 saturated carbocycles. The van der Waals surface area contributed by atoms with Crippen molar-refractivity contribution in [1.29, 1.82) is 0 Å². The van der Waals surface area contributed by atoms with Crippen LogP contribution in [0.3, 0.4) is 0 Å². The second kappa shape index (κ2) is 9.19. The summed E-state index contributed by atoms with van der Waals surface area (Å²) in [6.07, 6.45) is 4.08. The Kier molecular flexibility index (Phi) is 5.96. The van der Waals surface area contributed by atoms with Crippen molar-refractivity contribution in [3.63, 3.8) is 0 Å². The van der Waals surface area contributed by atoms with Crippen LogP contribution in [-0.2, 0) is 6.54 Å². The summed E-state index contributed by atoms with van der Waals surface area (Å²) in [5.74, 6) is 1.14. The van der Waals surface area contributed by atoms with Crippen LogP contribution in [0, 0.1) is 12.7 Å². The number of aromatic nitrogens is 3. The number of hydrogen-bond acceptors (Lipinski definition) is 6. The minimum absolute atomic E-state index is 0.275. The number of anilines is 4. The lowest BCUT2D eigenvalue weighted by molar-refractivity contribution is 0.613. The van der Waals surface area contributed by atoms with Gasteiger partial charge in [0.2, 0.25) is 5.95 Å². The number of rotatable bonds is 6. The van der Waals surface area contributed by atoms with E-state index in [-0.39, 0.29) is 12.4 Å². The van der Waals surface area contributed by atoms with E-state index in [1.807, 2.05) is 37.3 Å². The zero-order valence-electron chi connectivity index (χ0n) is 18.3. The smallest absolute Gasteiger partial charge is 0.225 e. The third-order valence-corrected chi connectivity index (χ3v) is 5.97. The van der Waals surface area contributed by atoms with Crippen LogP contribution in [0.5, 0.6) is 0 Å². The first-order valence-corrected chi connectivity index (χ1v) is 11.4. The number of aryl methyl sites for hydroxylation is 1. The first kappa shape index (κ1) is 21.4. The van der Waals surface area contributed by atoms with E-state index in [2.05, 4.69) is 30.5 Å². The Balaban J connectivity index is 1.35. The summed E-state index contributed by atoms with van der Waals surface area (Å²) < 4.78 is 14.6. The molecule has 2 aromatic heterocycles. The van der Waals surface area contributed by atoms with E-state index in [0.717, 1.165) is 46.9 Å². The van der Waals surface area contributed by atoms with Crippen molar-refractivity contribution in [3.8, 4) is 0 Å². The van der Waals surface area contributed by atoms with Gasteiger partial charge in [0, 0.05) is 64.9 Å². The van der Waals surface area contributed by atoms with E-state index < -0.39 is 0 Å². The topological polar surface area (TPSA) is 66.0 Å². The predicted octanol–water partition coefficient (Wildman–Crippen LogP) is 6.08. The van der Waals surface area contributed by atoms with E-state index >= 15 is 0 Å². The number of halogens is 2. The molecule has 0 atom stereocenters. The molecule has 2 aromatic carbocycles. The van der Waals surface area contributed by atoms with Gasteiger partial charge in [0.25, 0.3) is 0 Å².